The number of imidazole rings is 2. The van der Waals surface area contributed by atoms with Crippen LogP contribution in [0.15, 0.2) is 73.8 Å². The molecule has 98 valence electrons. The Balaban J connectivity index is 1.57. The van der Waals surface area contributed by atoms with Crippen molar-refractivity contribution in [2.24, 2.45) is 0 Å². The first-order chi connectivity index (χ1) is 9.88. The minimum atomic E-state index is 0.962. The molecule has 0 aromatic carbocycles. The van der Waals surface area contributed by atoms with Gasteiger partial charge in [-0.25, -0.2) is 17.9 Å². The molecule has 0 amide bonds. The number of hydrogen-bond donors (Lipinski definition) is 0. The van der Waals surface area contributed by atoms with Gasteiger partial charge < -0.3 is 0 Å². The van der Waals surface area contributed by atoms with Gasteiger partial charge in [-0.3, -0.25) is 0 Å². The highest BCUT2D eigenvalue weighted by Gasteiger charge is 2.09. The number of nitrogens with zero attached hydrogens (tertiary/aromatic N) is 4. The Kier molecular flexibility index (Phi) is 2.52. The van der Waals surface area contributed by atoms with Crippen LogP contribution >= 0.6 is 0 Å². The summed E-state index contributed by atoms with van der Waals surface area (Å²) >= 11 is 0. The molecule has 4 aromatic heterocycles. The average Bonchev–Trinajstić information content (AvgIpc) is 3.07. The van der Waals surface area contributed by atoms with E-state index in [0.29, 0.717) is 0 Å². The van der Waals surface area contributed by atoms with Crippen molar-refractivity contribution in [1.82, 2.24) is 8.80 Å². The van der Waals surface area contributed by atoms with E-state index in [-0.39, 0.29) is 0 Å². The monoisotopic (exact) mass is 264 g/mol. The van der Waals surface area contributed by atoms with Gasteiger partial charge in [-0.15, -0.1) is 0 Å². The van der Waals surface area contributed by atoms with Gasteiger partial charge in [0, 0.05) is 0 Å². The summed E-state index contributed by atoms with van der Waals surface area (Å²) in [5.41, 5.74) is 2.44. The fraction of sp³-hybridized carbons (Fsp3) is 0.125. The van der Waals surface area contributed by atoms with Crippen molar-refractivity contribution < 1.29 is 9.13 Å². The molecule has 4 heteroatoms. The SMILES string of the molecule is c1ccn2c[n+](CC[n+]3cc4ccccn4c3)cc2c1. The molecule has 0 N–H and O–H groups in total. The minimum Gasteiger partial charge on any atom is -0.232 e. The van der Waals surface area contributed by atoms with Gasteiger partial charge in [0.2, 0.25) is 12.7 Å². The summed E-state index contributed by atoms with van der Waals surface area (Å²) < 4.78 is 8.73. The van der Waals surface area contributed by atoms with Crippen LogP contribution in [0.3, 0.4) is 0 Å². The predicted molar refractivity (Wildman–Crippen MR) is 75.2 cm³/mol. The highest BCUT2D eigenvalue weighted by atomic mass is 15.1. The second-order valence-corrected chi connectivity index (χ2v) is 5.03. The highest BCUT2D eigenvalue weighted by molar-refractivity contribution is 5.42. The number of aromatic nitrogens is 4. The van der Waals surface area contributed by atoms with Crippen molar-refractivity contribution in [3.63, 3.8) is 0 Å². The number of hydrogen-bond acceptors (Lipinski definition) is 0. The van der Waals surface area contributed by atoms with E-state index in [4.69, 9.17) is 0 Å². The van der Waals surface area contributed by atoms with Crippen molar-refractivity contribution in [1.29, 1.82) is 0 Å². The summed E-state index contributed by atoms with van der Waals surface area (Å²) in [5, 5.41) is 0. The topological polar surface area (TPSA) is 16.6 Å². The Hall–Kier alpha value is -2.62. The fourth-order valence-electron chi connectivity index (χ4n) is 2.57. The summed E-state index contributed by atoms with van der Waals surface area (Å²) in [6.07, 6.45) is 12.8. The maximum Gasteiger partial charge on any atom is 0.249 e. The van der Waals surface area contributed by atoms with Crippen molar-refractivity contribution in [2.45, 2.75) is 13.1 Å². The molecule has 0 saturated heterocycles. The van der Waals surface area contributed by atoms with E-state index >= 15 is 0 Å². The van der Waals surface area contributed by atoms with Crippen LogP contribution in [0.1, 0.15) is 0 Å². The number of pyridine rings is 2. The van der Waals surface area contributed by atoms with E-state index in [1.54, 1.807) is 0 Å². The third kappa shape index (κ3) is 1.95. The lowest BCUT2D eigenvalue weighted by Gasteiger charge is -1.92. The molecule has 4 heterocycles. The minimum absolute atomic E-state index is 0.962. The van der Waals surface area contributed by atoms with Crippen LogP contribution in [0.5, 0.6) is 0 Å². The smallest absolute Gasteiger partial charge is 0.232 e. The number of fused-ring (bicyclic) bond motifs is 2. The van der Waals surface area contributed by atoms with E-state index in [1.807, 2.05) is 12.1 Å². The normalized spacial score (nSPS) is 11.4. The van der Waals surface area contributed by atoms with Gasteiger partial charge in [0.1, 0.15) is 25.5 Å². The van der Waals surface area contributed by atoms with E-state index in [1.165, 1.54) is 11.0 Å². The first-order valence-corrected chi connectivity index (χ1v) is 6.80. The lowest BCUT2D eigenvalue weighted by Crippen LogP contribution is -2.42. The Morgan fingerprint density at radius 3 is 1.65 bits per heavy atom. The molecule has 0 bridgehead atoms. The summed E-state index contributed by atoms with van der Waals surface area (Å²) in [6, 6.07) is 12.5. The van der Waals surface area contributed by atoms with Crippen LogP contribution in [0, 0.1) is 0 Å². The van der Waals surface area contributed by atoms with Gasteiger partial charge in [-0.1, -0.05) is 12.1 Å². The molecule has 0 aliphatic carbocycles. The number of aryl methyl sites for hydroxylation is 2. The summed E-state index contributed by atoms with van der Waals surface area (Å²) in [5.74, 6) is 0. The van der Waals surface area contributed by atoms with E-state index in [0.717, 1.165) is 13.1 Å². The molecule has 0 radical (unpaired) electrons. The van der Waals surface area contributed by atoms with Gasteiger partial charge in [0.25, 0.3) is 0 Å². The molecule has 4 aromatic rings. The molecular formula is C16H16N4+2. The third-order valence-corrected chi connectivity index (χ3v) is 3.60. The van der Waals surface area contributed by atoms with Crippen molar-refractivity contribution >= 4 is 11.0 Å². The Morgan fingerprint density at radius 2 is 1.20 bits per heavy atom. The van der Waals surface area contributed by atoms with Crippen molar-refractivity contribution in [3.8, 4) is 0 Å². The quantitative estimate of drug-likeness (QED) is 0.498. The van der Waals surface area contributed by atoms with Gasteiger partial charge in [0.05, 0.1) is 12.4 Å². The molecule has 0 fully saturated rings. The molecule has 0 saturated carbocycles. The molecule has 0 aliphatic rings. The Morgan fingerprint density at radius 1 is 0.700 bits per heavy atom. The van der Waals surface area contributed by atoms with E-state index < -0.39 is 0 Å². The second-order valence-electron chi connectivity index (χ2n) is 5.03. The number of rotatable bonds is 3. The molecule has 0 aliphatic heterocycles. The van der Waals surface area contributed by atoms with E-state index in [2.05, 4.69) is 79.6 Å². The first kappa shape index (κ1) is 11.2. The van der Waals surface area contributed by atoms with Crippen LogP contribution < -0.4 is 9.13 Å². The summed E-state index contributed by atoms with van der Waals surface area (Å²) in [7, 11) is 0. The first-order valence-electron chi connectivity index (χ1n) is 6.80. The maximum absolute atomic E-state index is 2.23. The average molecular weight is 264 g/mol. The summed E-state index contributed by atoms with van der Waals surface area (Å²) in [4.78, 5) is 0. The standard InChI is InChI=1S/C16H16N4/c1-3-7-19-13-17(11-15(19)5-1)9-10-18-12-16-6-2-4-8-20(16)14-18/h1-8,11-14H,9-10H2/q+2. The highest BCUT2D eigenvalue weighted by Crippen LogP contribution is 2.00. The zero-order chi connectivity index (χ0) is 13.4. The van der Waals surface area contributed by atoms with Gasteiger partial charge >= 0.3 is 0 Å². The van der Waals surface area contributed by atoms with Gasteiger partial charge in [0.15, 0.2) is 11.0 Å². The lowest BCUT2D eigenvalue weighted by molar-refractivity contribution is -0.777. The van der Waals surface area contributed by atoms with Gasteiger partial charge in [-0.05, 0) is 24.3 Å². The van der Waals surface area contributed by atoms with Gasteiger partial charge in [-0.2, -0.15) is 0 Å². The van der Waals surface area contributed by atoms with Crippen LogP contribution in [0.2, 0.25) is 0 Å². The lowest BCUT2D eigenvalue weighted by atomic mass is 10.4. The maximum atomic E-state index is 2.23. The Bertz CT molecular complexity index is 732. The molecule has 0 unspecified atom stereocenters. The van der Waals surface area contributed by atoms with Crippen LogP contribution in [0.25, 0.3) is 11.0 Å². The van der Waals surface area contributed by atoms with Crippen LogP contribution in [-0.4, -0.2) is 8.80 Å². The zero-order valence-electron chi connectivity index (χ0n) is 11.1. The Labute approximate surface area is 116 Å². The van der Waals surface area contributed by atoms with E-state index in [9.17, 15) is 0 Å². The second kappa shape index (κ2) is 4.49. The third-order valence-electron chi connectivity index (χ3n) is 3.60. The molecular weight excluding hydrogens is 248 g/mol. The van der Waals surface area contributed by atoms with Crippen molar-refractivity contribution in [2.75, 3.05) is 0 Å². The zero-order valence-corrected chi connectivity index (χ0v) is 11.1. The van der Waals surface area contributed by atoms with Crippen molar-refractivity contribution in [3.05, 3.63) is 73.8 Å². The predicted octanol–water partition coefficient (Wildman–Crippen LogP) is 1.47. The molecule has 0 atom stereocenters. The largest absolute Gasteiger partial charge is 0.249 e. The molecule has 0 spiro atoms. The van der Waals surface area contributed by atoms with Crippen LogP contribution in [0.4, 0.5) is 0 Å². The molecule has 4 rings (SSSR count). The molecule has 20 heavy (non-hydrogen) atoms. The molecule has 4 nitrogen and oxygen atoms in total. The summed E-state index contributed by atoms with van der Waals surface area (Å²) in [6.45, 7) is 1.92. The van der Waals surface area contributed by atoms with Crippen LogP contribution in [-0.2, 0) is 13.1 Å². The fourth-order valence-corrected chi connectivity index (χ4v) is 2.57.